The second-order valence-electron chi connectivity index (χ2n) is 4.04. The molecule has 1 atom stereocenters. The second-order valence-corrected chi connectivity index (χ2v) is 4.04. The van der Waals surface area contributed by atoms with E-state index in [1.54, 1.807) is 25.4 Å². The van der Waals surface area contributed by atoms with Crippen LogP contribution in [0.3, 0.4) is 0 Å². The maximum Gasteiger partial charge on any atom is 0.270 e. The largest absolute Gasteiger partial charge is 0.395 e. The van der Waals surface area contributed by atoms with Gasteiger partial charge >= 0.3 is 0 Å². The molecule has 5 nitrogen and oxygen atoms in total. The highest BCUT2D eigenvalue weighted by atomic mass is 16.5. The Morgan fingerprint density at radius 3 is 2.95 bits per heavy atom. The van der Waals surface area contributed by atoms with Crippen LogP contribution in [0.1, 0.15) is 29.4 Å². The summed E-state index contributed by atoms with van der Waals surface area (Å²) in [4.78, 5) is 15.9. The van der Waals surface area contributed by atoms with Crippen LogP contribution in [0, 0.1) is 11.8 Å². The molecule has 0 aliphatic heterocycles. The minimum absolute atomic E-state index is 0.0400. The molecule has 0 radical (unpaired) electrons. The zero-order valence-electron chi connectivity index (χ0n) is 11.1. The maximum atomic E-state index is 11.8. The van der Waals surface area contributed by atoms with Crippen molar-refractivity contribution in [2.24, 2.45) is 0 Å². The molecular formula is C14H18N2O3. The topological polar surface area (TPSA) is 71.5 Å². The fraction of sp³-hybridized carbons (Fsp3) is 0.429. The molecule has 0 spiro atoms. The van der Waals surface area contributed by atoms with Crippen LogP contribution in [0.2, 0.25) is 0 Å². The first-order valence-electron chi connectivity index (χ1n) is 6.03. The Labute approximate surface area is 113 Å². The predicted octanol–water partition coefficient (Wildman–Crippen LogP) is 0.580. The van der Waals surface area contributed by atoms with Gasteiger partial charge in [0, 0.05) is 31.3 Å². The number of aromatic nitrogens is 1. The number of methoxy groups -OCH3 is 1. The summed E-state index contributed by atoms with van der Waals surface area (Å²) in [6.45, 7) is 2.35. The summed E-state index contributed by atoms with van der Waals surface area (Å²) in [7, 11) is 1.58. The standard InChI is InChI=1S/C14H18N2O3/c1-11(10-19-2)16-14(18)13-7-6-12(9-15-13)5-3-4-8-17/h6-7,9,11,17H,4,8,10H2,1-2H3,(H,16,18). The molecule has 1 unspecified atom stereocenters. The van der Waals surface area contributed by atoms with Gasteiger partial charge in [0.15, 0.2) is 0 Å². The lowest BCUT2D eigenvalue weighted by Gasteiger charge is -2.11. The van der Waals surface area contributed by atoms with Crippen molar-refractivity contribution in [1.82, 2.24) is 10.3 Å². The van der Waals surface area contributed by atoms with E-state index in [9.17, 15) is 4.79 Å². The van der Waals surface area contributed by atoms with Gasteiger partial charge in [0.2, 0.25) is 0 Å². The third kappa shape index (κ3) is 5.51. The summed E-state index contributed by atoms with van der Waals surface area (Å²) in [5.41, 5.74) is 1.06. The molecule has 19 heavy (non-hydrogen) atoms. The SMILES string of the molecule is COCC(C)NC(=O)c1ccc(C#CCCO)cn1. The van der Waals surface area contributed by atoms with Crippen molar-refractivity contribution in [2.75, 3.05) is 20.3 Å². The predicted molar refractivity (Wildman–Crippen MR) is 71.6 cm³/mol. The number of pyridine rings is 1. The molecule has 102 valence electrons. The number of carbonyl (C=O) groups excluding carboxylic acids is 1. The van der Waals surface area contributed by atoms with E-state index in [4.69, 9.17) is 9.84 Å². The molecule has 0 saturated carbocycles. The lowest BCUT2D eigenvalue weighted by atomic mass is 10.2. The highest BCUT2D eigenvalue weighted by Gasteiger charge is 2.10. The Kier molecular flexibility index (Phi) is 6.58. The van der Waals surface area contributed by atoms with Gasteiger partial charge in [0.25, 0.3) is 5.91 Å². The molecule has 0 bridgehead atoms. The number of hydrogen-bond donors (Lipinski definition) is 2. The number of nitrogens with zero attached hydrogens (tertiary/aromatic N) is 1. The molecule has 1 aromatic heterocycles. The fourth-order valence-electron chi connectivity index (χ4n) is 1.41. The van der Waals surface area contributed by atoms with E-state index in [1.807, 2.05) is 6.92 Å². The average molecular weight is 262 g/mol. The summed E-state index contributed by atoms with van der Waals surface area (Å²) < 4.78 is 4.94. The first kappa shape index (κ1) is 15.2. The number of aliphatic hydroxyl groups excluding tert-OH is 1. The molecule has 1 amide bonds. The number of nitrogens with one attached hydrogen (secondary N) is 1. The van der Waals surface area contributed by atoms with Gasteiger partial charge in [0.05, 0.1) is 13.2 Å². The van der Waals surface area contributed by atoms with Gasteiger partial charge in [0.1, 0.15) is 5.69 Å². The van der Waals surface area contributed by atoms with Gasteiger partial charge < -0.3 is 15.2 Å². The Balaban J connectivity index is 2.61. The van der Waals surface area contributed by atoms with Crippen LogP contribution in [0.5, 0.6) is 0 Å². The van der Waals surface area contributed by atoms with Crippen molar-refractivity contribution in [2.45, 2.75) is 19.4 Å². The molecule has 0 saturated heterocycles. The van der Waals surface area contributed by atoms with Crippen molar-refractivity contribution in [1.29, 1.82) is 0 Å². The van der Waals surface area contributed by atoms with Crippen molar-refractivity contribution < 1.29 is 14.6 Å². The highest BCUT2D eigenvalue weighted by Crippen LogP contribution is 2.00. The summed E-state index contributed by atoms with van der Waals surface area (Å²) in [6, 6.07) is 3.29. The Hall–Kier alpha value is -1.90. The smallest absolute Gasteiger partial charge is 0.270 e. The van der Waals surface area contributed by atoms with Gasteiger partial charge in [-0.3, -0.25) is 4.79 Å². The van der Waals surface area contributed by atoms with Crippen LogP contribution in [0.15, 0.2) is 18.3 Å². The summed E-state index contributed by atoms with van der Waals surface area (Å²) in [5.74, 6) is 5.40. The minimum Gasteiger partial charge on any atom is -0.395 e. The van der Waals surface area contributed by atoms with E-state index >= 15 is 0 Å². The number of rotatable bonds is 5. The average Bonchev–Trinajstić information content (AvgIpc) is 2.40. The molecule has 1 rings (SSSR count). The molecule has 0 aliphatic rings. The van der Waals surface area contributed by atoms with E-state index in [2.05, 4.69) is 22.1 Å². The number of amides is 1. The van der Waals surface area contributed by atoms with Crippen molar-refractivity contribution >= 4 is 5.91 Å². The van der Waals surface area contributed by atoms with Gasteiger partial charge in [-0.15, -0.1) is 0 Å². The lowest BCUT2D eigenvalue weighted by molar-refractivity contribution is 0.0900. The van der Waals surface area contributed by atoms with Crippen LogP contribution >= 0.6 is 0 Å². The molecule has 0 aromatic carbocycles. The normalized spacial score (nSPS) is 11.3. The van der Waals surface area contributed by atoms with Crippen LogP contribution in [0.25, 0.3) is 0 Å². The second kappa shape index (κ2) is 8.25. The van der Waals surface area contributed by atoms with Crippen LogP contribution in [-0.2, 0) is 4.74 Å². The van der Waals surface area contributed by atoms with E-state index in [-0.39, 0.29) is 18.6 Å². The summed E-state index contributed by atoms with van der Waals surface area (Å²) in [5, 5.41) is 11.4. The molecule has 0 aliphatic carbocycles. The molecule has 2 N–H and O–H groups in total. The quantitative estimate of drug-likeness (QED) is 0.761. The van der Waals surface area contributed by atoms with Gasteiger partial charge in [-0.05, 0) is 19.1 Å². The maximum absolute atomic E-state index is 11.8. The zero-order valence-corrected chi connectivity index (χ0v) is 11.1. The lowest BCUT2D eigenvalue weighted by Crippen LogP contribution is -2.36. The minimum atomic E-state index is -0.237. The highest BCUT2D eigenvalue weighted by molar-refractivity contribution is 5.92. The number of ether oxygens (including phenoxy) is 1. The molecular weight excluding hydrogens is 244 g/mol. The Morgan fingerprint density at radius 2 is 2.37 bits per heavy atom. The molecule has 0 fully saturated rings. The monoisotopic (exact) mass is 262 g/mol. The molecule has 1 aromatic rings. The summed E-state index contributed by atoms with van der Waals surface area (Å²) >= 11 is 0. The van der Waals surface area contributed by atoms with Crippen LogP contribution in [-0.4, -0.2) is 42.4 Å². The first-order valence-corrected chi connectivity index (χ1v) is 6.03. The third-order valence-electron chi connectivity index (χ3n) is 2.26. The number of hydrogen-bond acceptors (Lipinski definition) is 4. The zero-order chi connectivity index (χ0) is 14.1. The Morgan fingerprint density at radius 1 is 1.58 bits per heavy atom. The van der Waals surface area contributed by atoms with Crippen molar-refractivity contribution in [3.05, 3.63) is 29.6 Å². The fourth-order valence-corrected chi connectivity index (χ4v) is 1.41. The van der Waals surface area contributed by atoms with Crippen molar-refractivity contribution in [3.63, 3.8) is 0 Å². The van der Waals surface area contributed by atoms with E-state index in [0.29, 0.717) is 18.7 Å². The molecule has 1 heterocycles. The van der Waals surface area contributed by atoms with Gasteiger partial charge in [-0.1, -0.05) is 11.8 Å². The van der Waals surface area contributed by atoms with Crippen LogP contribution < -0.4 is 5.32 Å². The number of carbonyl (C=O) groups is 1. The van der Waals surface area contributed by atoms with E-state index < -0.39 is 0 Å². The van der Waals surface area contributed by atoms with Crippen molar-refractivity contribution in [3.8, 4) is 11.8 Å². The van der Waals surface area contributed by atoms with Gasteiger partial charge in [-0.2, -0.15) is 0 Å². The Bertz CT molecular complexity index is 460. The van der Waals surface area contributed by atoms with Gasteiger partial charge in [-0.25, -0.2) is 4.98 Å². The number of aliphatic hydroxyl groups is 1. The summed E-state index contributed by atoms with van der Waals surface area (Å²) in [6.07, 6.45) is 1.97. The molecule has 5 heteroatoms. The van der Waals surface area contributed by atoms with Crippen LogP contribution in [0.4, 0.5) is 0 Å². The first-order chi connectivity index (χ1) is 9.17. The van der Waals surface area contributed by atoms with E-state index in [1.165, 1.54) is 0 Å². The van der Waals surface area contributed by atoms with E-state index in [0.717, 1.165) is 5.56 Å². The third-order valence-corrected chi connectivity index (χ3v) is 2.26.